The van der Waals surface area contributed by atoms with Crippen LogP contribution in [0.25, 0.3) is 17.0 Å². The highest BCUT2D eigenvalue weighted by atomic mass is 35.6. The van der Waals surface area contributed by atoms with Crippen LogP contribution in [0.5, 0.6) is 0 Å². The van der Waals surface area contributed by atoms with Gasteiger partial charge in [0.25, 0.3) is 11.9 Å². The van der Waals surface area contributed by atoms with Crippen molar-refractivity contribution in [3.05, 3.63) is 47.7 Å². The first-order valence-corrected chi connectivity index (χ1v) is 19.6. The number of carbonyl (C=O) groups excluding carboxylic acids is 4. The summed E-state index contributed by atoms with van der Waals surface area (Å²) in [7, 11) is 0. The Morgan fingerprint density at radius 2 is 1.79 bits per heavy atom. The zero-order valence-electron chi connectivity index (χ0n) is 33.0. The Morgan fingerprint density at radius 3 is 2.38 bits per heavy atom. The Labute approximate surface area is 343 Å². The summed E-state index contributed by atoms with van der Waals surface area (Å²) in [6, 6.07) is 7.02. The quantitative estimate of drug-likeness (QED) is 0.140. The van der Waals surface area contributed by atoms with Crippen molar-refractivity contribution >= 4 is 81.4 Å². The molecule has 2 saturated heterocycles. The lowest BCUT2D eigenvalue weighted by molar-refractivity contribution is -0.156. The largest absolute Gasteiger partial charge is 0.481 e. The number of rotatable bonds is 15. The molecular formula is C39H54Cl3N5O9. The molecule has 2 aromatic rings. The van der Waals surface area contributed by atoms with E-state index in [9.17, 15) is 19.2 Å². The SMILES string of the molecule is CC(=O)O.CCc1ccc2ccc(/C=C/C(C)(C)C(=O)NC(C(=O)NC(COCC3(C)COC3)C(=O)N3CCCC(C(=O)OCC(Cl)(Cl)Cl)N3)C(C)C)cc2n1. The number of carbonyl (C=O) groups is 5. The van der Waals surface area contributed by atoms with E-state index >= 15 is 0 Å². The van der Waals surface area contributed by atoms with Gasteiger partial charge in [-0.15, -0.1) is 0 Å². The number of ether oxygens (including phenoxy) is 3. The number of fused-ring (bicyclic) bond motifs is 1. The van der Waals surface area contributed by atoms with Crippen LogP contribution in [0.3, 0.4) is 0 Å². The van der Waals surface area contributed by atoms with Crippen molar-refractivity contribution in [1.82, 2.24) is 26.1 Å². The van der Waals surface area contributed by atoms with Gasteiger partial charge in [-0.3, -0.25) is 34.0 Å². The molecule has 2 aliphatic rings. The normalized spacial score (nSPS) is 18.0. The standard InChI is InChI=1S/C37H50Cl3N5O7.C2H4O2/c1-7-26-13-12-25-11-10-24(17-28(25)41-26)14-15-35(4,5)34(49)43-30(23(2)3)31(46)42-29(18-50-19-36(6)20-51-21-36)32(47)45-16-8-9-27(44-45)33(48)52-22-37(38,39)40;1-2(3)4/h10-15,17,23,27,29-30,44H,7-9,16,18-22H2,1-6H3,(H,42,46)(H,43,49);1H3,(H,3,4)/b15-14+;. The van der Waals surface area contributed by atoms with E-state index in [0.29, 0.717) is 32.7 Å². The van der Waals surface area contributed by atoms with Gasteiger partial charge in [-0.25, -0.2) is 5.43 Å². The number of amides is 3. The number of aromatic nitrogens is 1. The average molecular weight is 843 g/mol. The molecule has 0 spiro atoms. The number of carboxylic acid groups (broad SMARTS) is 1. The Balaban J connectivity index is 0.00000200. The van der Waals surface area contributed by atoms with Crippen molar-refractivity contribution in [1.29, 1.82) is 0 Å². The number of nitrogens with zero attached hydrogens (tertiary/aromatic N) is 2. The van der Waals surface area contributed by atoms with Gasteiger partial charge >= 0.3 is 5.97 Å². The third-order valence-electron chi connectivity index (χ3n) is 9.01. The topological polar surface area (TPSA) is 185 Å². The lowest BCUT2D eigenvalue weighted by Gasteiger charge is -2.38. The molecule has 14 nitrogen and oxygen atoms in total. The van der Waals surface area contributed by atoms with Crippen LogP contribution >= 0.6 is 34.8 Å². The van der Waals surface area contributed by atoms with E-state index in [1.165, 1.54) is 5.01 Å². The van der Waals surface area contributed by atoms with Crippen LogP contribution in [0.1, 0.15) is 72.6 Å². The Kier molecular flexibility index (Phi) is 17.4. The van der Waals surface area contributed by atoms with Crippen LogP contribution in [0.4, 0.5) is 0 Å². The highest BCUT2D eigenvalue weighted by molar-refractivity contribution is 6.67. The maximum atomic E-state index is 13.9. The fourth-order valence-corrected chi connectivity index (χ4v) is 5.83. The monoisotopic (exact) mass is 841 g/mol. The van der Waals surface area contributed by atoms with Crippen molar-refractivity contribution in [3.63, 3.8) is 0 Å². The predicted octanol–water partition coefficient (Wildman–Crippen LogP) is 5.02. The number of alkyl halides is 3. The summed E-state index contributed by atoms with van der Waals surface area (Å²) in [5, 5.41) is 15.4. The van der Waals surface area contributed by atoms with Crippen LogP contribution in [0, 0.1) is 16.7 Å². The lowest BCUT2D eigenvalue weighted by Crippen LogP contribution is -2.63. The van der Waals surface area contributed by atoms with E-state index in [-0.39, 0.29) is 30.4 Å². The second kappa shape index (κ2) is 20.8. The number of esters is 1. The molecule has 4 N–H and O–H groups in total. The molecule has 4 rings (SSSR count). The summed E-state index contributed by atoms with van der Waals surface area (Å²) in [6.07, 6.45) is 5.36. The molecule has 3 heterocycles. The molecule has 0 bridgehead atoms. The molecule has 0 radical (unpaired) electrons. The average Bonchev–Trinajstić information content (AvgIpc) is 3.12. The molecule has 310 valence electrons. The van der Waals surface area contributed by atoms with Gasteiger partial charge in [-0.1, -0.05) is 92.8 Å². The van der Waals surface area contributed by atoms with Crippen LogP contribution in [0.2, 0.25) is 0 Å². The van der Waals surface area contributed by atoms with E-state index in [1.807, 2.05) is 57.2 Å². The van der Waals surface area contributed by atoms with Crippen molar-refractivity contribution in [2.45, 2.75) is 89.6 Å². The van der Waals surface area contributed by atoms with E-state index in [0.717, 1.165) is 35.5 Å². The maximum absolute atomic E-state index is 13.9. The summed E-state index contributed by atoms with van der Waals surface area (Å²) in [5.74, 6) is -3.27. The summed E-state index contributed by atoms with van der Waals surface area (Å²) in [4.78, 5) is 67.8. The van der Waals surface area contributed by atoms with Crippen molar-refractivity contribution in [3.8, 4) is 0 Å². The Hall–Kier alpha value is -3.53. The summed E-state index contributed by atoms with van der Waals surface area (Å²) in [5.41, 5.74) is 4.47. The summed E-state index contributed by atoms with van der Waals surface area (Å²) < 4.78 is 14.6. The van der Waals surface area contributed by atoms with Crippen LogP contribution in [-0.4, -0.2) is 106 Å². The molecule has 3 atom stereocenters. The molecule has 56 heavy (non-hydrogen) atoms. The van der Waals surface area contributed by atoms with Crippen LogP contribution in [0.15, 0.2) is 36.4 Å². The number of pyridine rings is 1. The zero-order valence-corrected chi connectivity index (χ0v) is 35.2. The molecule has 3 amide bonds. The first kappa shape index (κ1) is 46.8. The molecular weight excluding hydrogens is 789 g/mol. The second-order valence-electron chi connectivity index (χ2n) is 15.3. The predicted molar refractivity (Wildman–Crippen MR) is 215 cm³/mol. The van der Waals surface area contributed by atoms with Crippen LogP contribution < -0.4 is 16.1 Å². The number of hydrazine groups is 1. The van der Waals surface area contributed by atoms with Crippen molar-refractivity contribution in [2.75, 3.05) is 39.6 Å². The van der Waals surface area contributed by atoms with Gasteiger partial charge < -0.3 is 30.0 Å². The fraction of sp³-hybridized carbons (Fsp3) is 0.590. The minimum absolute atomic E-state index is 0.145. The van der Waals surface area contributed by atoms with Gasteiger partial charge in [-0.2, -0.15) is 0 Å². The second-order valence-corrected chi connectivity index (χ2v) is 17.8. The van der Waals surface area contributed by atoms with Gasteiger partial charge in [0.05, 0.1) is 37.4 Å². The minimum Gasteiger partial charge on any atom is -0.481 e. The van der Waals surface area contributed by atoms with Gasteiger partial charge in [0.1, 0.15) is 24.7 Å². The maximum Gasteiger partial charge on any atom is 0.325 e. The summed E-state index contributed by atoms with van der Waals surface area (Å²) >= 11 is 17.2. The zero-order chi connectivity index (χ0) is 41.8. The number of aliphatic carboxylic acids is 1. The highest BCUT2D eigenvalue weighted by Crippen LogP contribution is 2.28. The molecule has 1 aromatic carbocycles. The van der Waals surface area contributed by atoms with Crippen molar-refractivity contribution < 1.29 is 43.3 Å². The fourth-order valence-electron chi connectivity index (χ4n) is 5.67. The van der Waals surface area contributed by atoms with E-state index in [4.69, 9.17) is 63.9 Å². The van der Waals surface area contributed by atoms with Gasteiger partial charge in [0, 0.05) is 30.0 Å². The number of benzene rings is 1. The van der Waals surface area contributed by atoms with Crippen molar-refractivity contribution in [2.24, 2.45) is 16.7 Å². The molecule has 2 fully saturated rings. The van der Waals surface area contributed by atoms with E-state index in [2.05, 4.69) is 23.0 Å². The minimum atomic E-state index is -1.78. The molecule has 3 unspecified atom stereocenters. The van der Waals surface area contributed by atoms with Crippen LogP contribution in [-0.2, 0) is 44.6 Å². The number of aryl methyl sites for hydroxylation is 1. The van der Waals surface area contributed by atoms with Gasteiger partial charge in [0.2, 0.25) is 15.6 Å². The number of carboxylic acids is 1. The van der Waals surface area contributed by atoms with Gasteiger partial charge in [0.15, 0.2) is 0 Å². The first-order valence-electron chi connectivity index (χ1n) is 18.5. The molecule has 0 aliphatic carbocycles. The highest BCUT2D eigenvalue weighted by Gasteiger charge is 2.38. The third-order valence-corrected chi connectivity index (χ3v) is 9.34. The van der Waals surface area contributed by atoms with Gasteiger partial charge in [-0.05, 0) is 56.7 Å². The molecule has 17 heteroatoms. The lowest BCUT2D eigenvalue weighted by atomic mass is 9.89. The summed E-state index contributed by atoms with van der Waals surface area (Å²) in [6.45, 7) is 13.3. The smallest absolute Gasteiger partial charge is 0.325 e. The van der Waals surface area contributed by atoms with E-state index < -0.39 is 57.7 Å². The number of halogens is 3. The van der Waals surface area contributed by atoms with E-state index in [1.54, 1.807) is 19.9 Å². The number of hydrogen-bond donors (Lipinski definition) is 4. The molecule has 0 saturated carbocycles. The Morgan fingerprint density at radius 1 is 1.12 bits per heavy atom. The number of hydrogen-bond acceptors (Lipinski definition) is 10. The molecule has 2 aliphatic heterocycles. The Bertz CT molecular complexity index is 1730. The molecule has 1 aromatic heterocycles. The third kappa shape index (κ3) is 14.8. The number of nitrogens with one attached hydrogen (secondary N) is 3. The first-order chi connectivity index (χ1) is 26.1.